The molecule has 3 rings (SSSR count). The van der Waals surface area contributed by atoms with E-state index in [2.05, 4.69) is 26.2 Å². The third-order valence-corrected chi connectivity index (χ3v) is 4.58. The first-order valence-electron chi connectivity index (χ1n) is 8.22. The van der Waals surface area contributed by atoms with Crippen molar-refractivity contribution in [1.29, 1.82) is 0 Å². The fourth-order valence-electron chi connectivity index (χ4n) is 2.31. The Morgan fingerprint density at radius 2 is 1.78 bits per heavy atom. The highest BCUT2D eigenvalue weighted by Gasteiger charge is 2.19. The van der Waals surface area contributed by atoms with Gasteiger partial charge in [0.05, 0.1) is 10.9 Å². The lowest BCUT2D eigenvalue weighted by atomic mass is 10.3. The number of thioether (sulfide) groups is 1. The van der Waals surface area contributed by atoms with E-state index in [0.29, 0.717) is 16.5 Å². The van der Waals surface area contributed by atoms with Crippen LogP contribution < -0.4 is 10.6 Å². The van der Waals surface area contributed by atoms with Crippen molar-refractivity contribution < 1.29 is 9.59 Å². The number of hydrogen-bond acceptors (Lipinski definition) is 6. The van der Waals surface area contributed by atoms with Gasteiger partial charge in [0.15, 0.2) is 0 Å². The Morgan fingerprint density at radius 3 is 2.52 bits per heavy atom. The van der Waals surface area contributed by atoms with E-state index < -0.39 is 5.25 Å². The highest BCUT2D eigenvalue weighted by Crippen LogP contribution is 2.25. The molecule has 0 saturated carbocycles. The molecule has 9 heteroatoms. The molecule has 0 radical (unpaired) electrons. The molecule has 8 nitrogen and oxygen atoms in total. The molecule has 0 unspecified atom stereocenters. The number of hydrogen-bond donors (Lipinski definition) is 2. The van der Waals surface area contributed by atoms with E-state index in [1.807, 2.05) is 36.4 Å². The molecular formula is C18H18N6O2S. The van der Waals surface area contributed by atoms with Gasteiger partial charge in [0.2, 0.25) is 17.0 Å². The minimum Gasteiger partial charge on any atom is -0.326 e. The summed E-state index contributed by atoms with van der Waals surface area (Å²) in [6.45, 7) is 3.23. The normalized spacial score (nSPS) is 11.6. The van der Waals surface area contributed by atoms with Crippen molar-refractivity contribution in [2.75, 3.05) is 10.6 Å². The van der Waals surface area contributed by atoms with Crippen LogP contribution in [-0.4, -0.2) is 37.3 Å². The van der Waals surface area contributed by atoms with Crippen LogP contribution >= 0.6 is 11.8 Å². The molecule has 1 heterocycles. The van der Waals surface area contributed by atoms with E-state index in [4.69, 9.17) is 0 Å². The summed E-state index contributed by atoms with van der Waals surface area (Å²) in [6, 6.07) is 16.4. The molecule has 138 valence electrons. The molecule has 2 N–H and O–H groups in total. The van der Waals surface area contributed by atoms with Crippen molar-refractivity contribution in [3.05, 3.63) is 54.6 Å². The van der Waals surface area contributed by atoms with E-state index in [9.17, 15) is 9.59 Å². The van der Waals surface area contributed by atoms with E-state index in [0.717, 1.165) is 5.69 Å². The van der Waals surface area contributed by atoms with Gasteiger partial charge in [-0.25, -0.2) is 0 Å². The van der Waals surface area contributed by atoms with Crippen LogP contribution in [0.25, 0.3) is 5.69 Å². The lowest BCUT2D eigenvalue weighted by molar-refractivity contribution is -0.115. The summed E-state index contributed by atoms with van der Waals surface area (Å²) < 4.78 is 1.53. The van der Waals surface area contributed by atoms with Crippen LogP contribution in [0.2, 0.25) is 0 Å². The molecule has 0 bridgehead atoms. The Balaban J connectivity index is 1.73. The lowest BCUT2D eigenvalue weighted by Crippen LogP contribution is -2.22. The molecule has 2 aromatic carbocycles. The van der Waals surface area contributed by atoms with Crippen molar-refractivity contribution >= 4 is 35.0 Å². The summed E-state index contributed by atoms with van der Waals surface area (Å²) in [6.07, 6.45) is 0. The largest absolute Gasteiger partial charge is 0.326 e. The van der Waals surface area contributed by atoms with Gasteiger partial charge >= 0.3 is 0 Å². The van der Waals surface area contributed by atoms with Gasteiger partial charge in [0.25, 0.3) is 0 Å². The summed E-state index contributed by atoms with van der Waals surface area (Å²) in [5.74, 6) is -0.308. The molecule has 27 heavy (non-hydrogen) atoms. The van der Waals surface area contributed by atoms with Crippen molar-refractivity contribution in [2.45, 2.75) is 24.3 Å². The van der Waals surface area contributed by atoms with Crippen LogP contribution in [0.15, 0.2) is 59.8 Å². The smallest absolute Gasteiger partial charge is 0.237 e. The molecule has 0 aliphatic heterocycles. The molecule has 0 spiro atoms. The zero-order valence-corrected chi connectivity index (χ0v) is 15.6. The second kappa shape index (κ2) is 8.45. The van der Waals surface area contributed by atoms with Crippen LogP contribution in [0.1, 0.15) is 13.8 Å². The van der Waals surface area contributed by atoms with Gasteiger partial charge in [-0.1, -0.05) is 36.0 Å². The number of benzene rings is 2. The minimum absolute atomic E-state index is 0.146. The van der Waals surface area contributed by atoms with E-state index in [1.165, 1.54) is 23.4 Å². The summed E-state index contributed by atoms with van der Waals surface area (Å²) in [5.41, 5.74) is 2.06. The number of rotatable bonds is 6. The maximum atomic E-state index is 12.4. The Morgan fingerprint density at radius 1 is 1.04 bits per heavy atom. The zero-order chi connectivity index (χ0) is 19.2. The fourth-order valence-corrected chi connectivity index (χ4v) is 3.12. The zero-order valence-electron chi connectivity index (χ0n) is 14.8. The van der Waals surface area contributed by atoms with E-state index >= 15 is 0 Å². The number of para-hydroxylation sites is 1. The summed E-state index contributed by atoms with van der Waals surface area (Å²) in [5, 5.41) is 17.4. The van der Waals surface area contributed by atoms with Crippen LogP contribution in [-0.2, 0) is 9.59 Å². The highest BCUT2D eigenvalue weighted by molar-refractivity contribution is 8.00. The van der Waals surface area contributed by atoms with Gasteiger partial charge in [0, 0.05) is 18.3 Å². The van der Waals surface area contributed by atoms with Crippen LogP contribution in [0.3, 0.4) is 0 Å². The third-order valence-electron chi connectivity index (χ3n) is 3.54. The van der Waals surface area contributed by atoms with Crippen molar-refractivity contribution in [3.63, 3.8) is 0 Å². The first-order chi connectivity index (χ1) is 13.0. The summed E-state index contributed by atoms with van der Waals surface area (Å²) >= 11 is 1.25. The Labute approximate surface area is 160 Å². The number of amides is 2. The van der Waals surface area contributed by atoms with Gasteiger partial charge in [-0.15, -0.1) is 5.10 Å². The fraction of sp³-hybridized carbons (Fsp3) is 0.167. The predicted octanol–water partition coefficient (Wildman–Crippen LogP) is 2.74. The average Bonchev–Trinajstić information content (AvgIpc) is 3.10. The number of anilines is 2. The van der Waals surface area contributed by atoms with Gasteiger partial charge in [-0.05, 0) is 47.7 Å². The Kier molecular flexibility index (Phi) is 5.82. The number of carbonyl (C=O) groups excluding carboxylic acids is 2. The first kappa shape index (κ1) is 18.6. The number of tetrazole rings is 1. The number of nitrogens with zero attached hydrogens (tertiary/aromatic N) is 4. The summed E-state index contributed by atoms with van der Waals surface area (Å²) in [7, 11) is 0. The number of carbonyl (C=O) groups is 2. The molecule has 0 fully saturated rings. The molecule has 2 amide bonds. The number of nitrogens with one attached hydrogen (secondary N) is 2. The van der Waals surface area contributed by atoms with Crippen molar-refractivity contribution in [1.82, 2.24) is 20.2 Å². The molecule has 0 aliphatic carbocycles. The molecule has 1 atom stereocenters. The lowest BCUT2D eigenvalue weighted by Gasteiger charge is -2.12. The van der Waals surface area contributed by atoms with Crippen LogP contribution in [0.4, 0.5) is 11.4 Å². The number of aromatic nitrogens is 4. The maximum absolute atomic E-state index is 12.4. The third kappa shape index (κ3) is 4.91. The van der Waals surface area contributed by atoms with Gasteiger partial charge in [-0.3, -0.25) is 9.59 Å². The predicted molar refractivity (Wildman–Crippen MR) is 104 cm³/mol. The topological polar surface area (TPSA) is 102 Å². The maximum Gasteiger partial charge on any atom is 0.237 e. The molecule has 3 aromatic rings. The van der Waals surface area contributed by atoms with E-state index in [-0.39, 0.29) is 11.8 Å². The second-order valence-corrected chi connectivity index (χ2v) is 7.03. The second-order valence-electron chi connectivity index (χ2n) is 5.72. The monoisotopic (exact) mass is 382 g/mol. The first-order valence-corrected chi connectivity index (χ1v) is 9.10. The molecular weight excluding hydrogens is 364 g/mol. The quantitative estimate of drug-likeness (QED) is 0.636. The van der Waals surface area contributed by atoms with Crippen LogP contribution in [0.5, 0.6) is 0 Å². The SMILES string of the molecule is CC(=O)Nc1cccc(-n2nnnc2S[C@H](C)C(=O)Nc2ccccc2)c1. The van der Waals surface area contributed by atoms with E-state index in [1.54, 1.807) is 25.1 Å². The standard InChI is InChI=1S/C18H18N6O2S/c1-12(17(26)20-14-7-4-3-5-8-14)27-18-21-22-23-24(18)16-10-6-9-15(11-16)19-13(2)25/h3-12H,1-2H3,(H,19,25)(H,20,26)/t12-/m1/s1. The minimum atomic E-state index is -0.409. The van der Waals surface area contributed by atoms with Gasteiger partial charge in [0.1, 0.15) is 0 Å². The highest BCUT2D eigenvalue weighted by atomic mass is 32.2. The van der Waals surface area contributed by atoms with Crippen molar-refractivity contribution in [2.24, 2.45) is 0 Å². The molecule has 1 aromatic heterocycles. The van der Waals surface area contributed by atoms with Gasteiger partial charge in [-0.2, -0.15) is 4.68 Å². The molecule has 0 saturated heterocycles. The average molecular weight is 382 g/mol. The van der Waals surface area contributed by atoms with Gasteiger partial charge < -0.3 is 10.6 Å². The van der Waals surface area contributed by atoms with Crippen LogP contribution in [0, 0.1) is 0 Å². The Bertz CT molecular complexity index is 944. The van der Waals surface area contributed by atoms with Crippen molar-refractivity contribution in [3.8, 4) is 5.69 Å². The summed E-state index contributed by atoms with van der Waals surface area (Å²) in [4.78, 5) is 23.6. The molecule has 0 aliphatic rings. The Hall–Kier alpha value is -3.20.